The van der Waals surface area contributed by atoms with E-state index >= 15 is 0 Å². The van der Waals surface area contributed by atoms with Crippen LogP contribution in [-0.2, 0) is 23.9 Å². The molecule has 1 amide bonds. The molecule has 0 spiro atoms. The number of hydrogen-bond acceptors (Lipinski definition) is 11. The van der Waals surface area contributed by atoms with Crippen LogP contribution >= 0.6 is 11.8 Å². The van der Waals surface area contributed by atoms with E-state index in [0.717, 1.165) is 6.92 Å². The van der Waals surface area contributed by atoms with Gasteiger partial charge in [0.1, 0.15) is 18.9 Å². The number of carbonyl (C=O) groups is 3. The fraction of sp³-hybridized carbons (Fsp3) is 0.824. The number of aliphatic hydroxyl groups is 4. The molecule has 0 aromatic heterocycles. The third kappa shape index (κ3) is 7.65. The van der Waals surface area contributed by atoms with Crippen LogP contribution in [0.3, 0.4) is 0 Å². The molecular formula is C17H30N2O10S. The highest BCUT2D eigenvalue weighted by Gasteiger charge is 2.53. The number of rotatable bonds is 11. The number of thioether (sulfide) groups is 1. The number of hydrogen-bond donors (Lipinski definition) is 7. The van der Waals surface area contributed by atoms with Crippen LogP contribution in [-0.4, -0.2) is 98.4 Å². The molecular weight excluding hydrogens is 424 g/mol. The van der Waals surface area contributed by atoms with Crippen molar-refractivity contribution in [3.8, 4) is 0 Å². The molecule has 7 atom stereocenters. The van der Waals surface area contributed by atoms with Crippen molar-refractivity contribution >= 4 is 29.6 Å². The molecule has 1 fully saturated rings. The summed E-state index contributed by atoms with van der Waals surface area (Å²) in [5, 5.41) is 52.1. The van der Waals surface area contributed by atoms with Crippen LogP contribution in [0.2, 0.25) is 0 Å². The van der Waals surface area contributed by atoms with Gasteiger partial charge in [-0.15, -0.1) is 0 Å². The minimum atomic E-state index is -2.76. The molecule has 1 aliphatic rings. The molecule has 174 valence electrons. The van der Waals surface area contributed by atoms with Gasteiger partial charge in [-0.05, 0) is 18.4 Å². The number of ether oxygens (including phenoxy) is 2. The molecule has 1 heterocycles. The molecule has 1 rings (SSSR count). The van der Waals surface area contributed by atoms with Crippen LogP contribution in [0, 0.1) is 5.92 Å². The smallest absolute Gasteiger partial charge is 0.364 e. The largest absolute Gasteiger partial charge is 0.477 e. The molecule has 30 heavy (non-hydrogen) atoms. The Hall–Kier alpha value is -1.48. The fourth-order valence-corrected chi connectivity index (χ4v) is 3.58. The maximum Gasteiger partial charge on any atom is 0.364 e. The van der Waals surface area contributed by atoms with E-state index in [2.05, 4.69) is 5.32 Å². The molecule has 0 aliphatic carbocycles. The number of nitrogens with two attached hydrogens (primary N) is 1. The fourth-order valence-electron chi connectivity index (χ4n) is 3.09. The molecule has 1 saturated heterocycles. The van der Waals surface area contributed by atoms with E-state index in [4.69, 9.17) is 15.2 Å². The lowest BCUT2D eigenvalue weighted by Crippen LogP contribution is -2.61. The molecule has 12 nitrogen and oxygen atoms in total. The monoisotopic (exact) mass is 454 g/mol. The number of carboxylic acid groups (broad SMARTS) is 1. The zero-order valence-electron chi connectivity index (χ0n) is 16.8. The van der Waals surface area contributed by atoms with Crippen LogP contribution in [0.15, 0.2) is 0 Å². The van der Waals surface area contributed by atoms with Crippen LogP contribution in [0.5, 0.6) is 0 Å². The molecule has 1 aliphatic heterocycles. The maximum atomic E-state index is 11.8. The van der Waals surface area contributed by atoms with Gasteiger partial charge in [-0.2, -0.15) is 11.8 Å². The number of carbonyl (C=O) groups excluding carboxylic acids is 2. The van der Waals surface area contributed by atoms with Gasteiger partial charge in [0.25, 0.3) is 5.79 Å². The molecule has 0 aromatic rings. The summed E-state index contributed by atoms with van der Waals surface area (Å²) in [6.07, 6.45) is -4.96. The Labute approximate surface area is 177 Å². The van der Waals surface area contributed by atoms with Crippen molar-refractivity contribution in [3.63, 3.8) is 0 Å². The second-order valence-corrected chi connectivity index (χ2v) is 8.13. The number of amides is 1. The van der Waals surface area contributed by atoms with Gasteiger partial charge in [-0.25, -0.2) is 4.79 Å². The molecule has 0 aromatic carbocycles. The molecule has 0 bridgehead atoms. The Morgan fingerprint density at radius 1 is 1.37 bits per heavy atom. The minimum absolute atomic E-state index is 0.380. The van der Waals surface area contributed by atoms with Crippen molar-refractivity contribution in [3.05, 3.63) is 0 Å². The molecule has 13 heteroatoms. The van der Waals surface area contributed by atoms with Crippen LogP contribution in [0.4, 0.5) is 0 Å². The van der Waals surface area contributed by atoms with Gasteiger partial charge in [-0.1, -0.05) is 0 Å². The van der Waals surface area contributed by atoms with Gasteiger partial charge in [0.05, 0.1) is 24.2 Å². The van der Waals surface area contributed by atoms with E-state index in [1.54, 1.807) is 0 Å². The van der Waals surface area contributed by atoms with E-state index in [0.29, 0.717) is 12.2 Å². The van der Waals surface area contributed by atoms with E-state index in [1.165, 1.54) is 11.8 Å². The number of carboxylic acids is 1. The first-order valence-electron chi connectivity index (χ1n) is 9.27. The minimum Gasteiger partial charge on any atom is -0.477 e. The third-order valence-corrected chi connectivity index (χ3v) is 5.26. The standard InChI is InChI=1S/C17H30N2O10S/c1-8(20)19-14(23)13-11(22)6-17(27,16(25)26)29-12(13)5-9(21)7-28-15(24)10(18)3-4-30-2/h9-14,21-23,27H,3-7,18H2,1-2H3,(H,19,20)(H,25,26)/t9-,10+,11?,12?,13?,14-,17?/m0/s1. The molecule has 0 saturated carbocycles. The number of aliphatic carboxylic acids is 1. The lowest BCUT2D eigenvalue weighted by Gasteiger charge is -2.44. The SMILES string of the molecule is CSCC[C@@H](N)C(=O)OC[C@@H](O)CC1OC(O)(C(=O)O)CC(O)C1[C@H](O)NC(C)=O. The zero-order chi connectivity index (χ0) is 23.1. The van der Waals surface area contributed by atoms with E-state index < -0.39 is 79.6 Å². The average molecular weight is 454 g/mol. The zero-order valence-corrected chi connectivity index (χ0v) is 17.6. The predicted molar refractivity (Wildman–Crippen MR) is 104 cm³/mol. The van der Waals surface area contributed by atoms with Gasteiger partial charge in [0.2, 0.25) is 5.91 Å². The van der Waals surface area contributed by atoms with Crippen molar-refractivity contribution in [1.29, 1.82) is 0 Å². The maximum absolute atomic E-state index is 11.8. The normalized spacial score (nSPS) is 29.5. The molecule has 8 N–H and O–H groups in total. The Morgan fingerprint density at radius 3 is 2.53 bits per heavy atom. The summed E-state index contributed by atoms with van der Waals surface area (Å²) >= 11 is 1.50. The van der Waals surface area contributed by atoms with Gasteiger partial charge >= 0.3 is 11.9 Å². The highest BCUT2D eigenvalue weighted by Crippen LogP contribution is 2.35. The topological polar surface area (TPSA) is 209 Å². The van der Waals surface area contributed by atoms with Crippen molar-refractivity contribution in [2.24, 2.45) is 11.7 Å². The first kappa shape index (κ1) is 26.6. The Morgan fingerprint density at radius 2 is 2.00 bits per heavy atom. The van der Waals surface area contributed by atoms with Crippen LogP contribution in [0.1, 0.15) is 26.2 Å². The van der Waals surface area contributed by atoms with Gasteiger partial charge < -0.3 is 46.1 Å². The van der Waals surface area contributed by atoms with E-state index in [-0.39, 0.29) is 0 Å². The van der Waals surface area contributed by atoms with Gasteiger partial charge in [-0.3, -0.25) is 9.59 Å². The predicted octanol–water partition coefficient (Wildman–Crippen LogP) is -2.65. The van der Waals surface area contributed by atoms with Crippen LogP contribution in [0.25, 0.3) is 0 Å². The number of aliphatic hydroxyl groups excluding tert-OH is 3. The second-order valence-electron chi connectivity index (χ2n) is 7.15. The molecule has 0 radical (unpaired) electrons. The summed E-state index contributed by atoms with van der Waals surface area (Å²) in [4.78, 5) is 34.4. The highest BCUT2D eigenvalue weighted by molar-refractivity contribution is 7.98. The first-order chi connectivity index (χ1) is 13.9. The van der Waals surface area contributed by atoms with Crippen molar-refractivity contribution in [2.45, 2.75) is 62.6 Å². The Balaban J connectivity index is 2.83. The Kier molecular flexibility index (Phi) is 10.4. The number of nitrogens with one attached hydrogen (secondary N) is 1. The summed E-state index contributed by atoms with van der Waals surface area (Å²) < 4.78 is 10.1. The highest BCUT2D eigenvalue weighted by atomic mass is 32.2. The van der Waals surface area contributed by atoms with Gasteiger partial charge in [0.15, 0.2) is 0 Å². The molecule has 4 unspecified atom stereocenters. The van der Waals surface area contributed by atoms with Crippen molar-refractivity contribution < 1.29 is 49.4 Å². The lowest BCUT2D eigenvalue weighted by atomic mass is 9.83. The van der Waals surface area contributed by atoms with Crippen molar-refractivity contribution in [1.82, 2.24) is 5.32 Å². The van der Waals surface area contributed by atoms with Crippen LogP contribution < -0.4 is 11.1 Å². The van der Waals surface area contributed by atoms with Crippen molar-refractivity contribution in [2.75, 3.05) is 18.6 Å². The average Bonchev–Trinajstić information content (AvgIpc) is 2.62. The summed E-state index contributed by atoms with van der Waals surface area (Å²) in [6, 6.07) is -0.871. The van der Waals surface area contributed by atoms with E-state index in [9.17, 15) is 39.9 Å². The summed E-state index contributed by atoms with van der Waals surface area (Å²) in [6.45, 7) is 0.618. The second kappa shape index (κ2) is 11.8. The summed E-state index contributed by atoms with van der Waals surface area (Å²) in [7, 11) is 0. The quantitative estimate of drug-likeness (QED) is 0.126. The lowest BCUT2D eigenvalue weighted by molar-refractivity contribution is -0.297. The number of esters is 1. The summed E-state index contributed by atoms with van der Waals surface area (Å²) in [5.74, 6) is -6.50. The van der Waals surface area contributed by atoms with E-state index in [1.807, 2.05) is 6.26 Å². The first-order valence-corrected chi connectivity index (χ1v) is 10.7. The van der Waals surface area contributed by atoms with Gasteiger partial charge in [0, 0.05) is 19.8 Å². The third-order valence-electron chi connectivity index (χ3n) is 4.61. The Bertz CT molecular complexity index is 609. The summed E-state index contributed by atoms with van der Waals surface area (Å²) in [5.41, 5.74) is 5.67.